The fourth-order valence-electron chi connectivity index (χ4n) is 1.41. The Balaban J connectivity index is 3.30. The molecule has 0 fully saturated rings. The second-order valence-electron chi connectivity index (χ2n) is 3.69. The van der Waals surface area contributed by atoms with E-state index in [-0.39, 0.29) is 5.54 Å². The number of ether oxygens (including phenoxy) is 1. The number of halogens is 1. The normalized spacial score (nSPS) is 11.5. The molecule has 0 bridgehead atoms. The van der Waals surface area contributed by atoms with Crippen molar-refractivity contribution in [3.05, 3.63) is 28.2 Å². The first-order valence-electron chi connectivity index (χ1n) is 4.55. The van der Waals surface area contributed by atoms with E-state index in [0.29, 0.717) is 0 Å². The number of rotatable bonds is 3. The Kier molecular flexibility index (Phi) is 3.56. The second-order valence-corrected chi connectivity index (χ2v) is 4.55. The number of nitrogens with one attached hydrogen (secondary N) is 1. The minimum Gasteiger partial charge on any atom is -0.496 e. The van der Waals surface area contributed by atoms with Gasteiger partial charge in [-0.15, -0.1) is 0 Å². The van der Waals surface area contributed by atoms with Gasteiger partial charge in [-0.3, -0.25) is 0 Å². The van der Waals surface area contributed by atoms with Crippen molar-refractivity contribution in [1.82, 2.24) is 5.32 Å². The van der Waals surface area contributed by atoms with Gasteiger partial charge in [0.2, 0.25) is 0 Å². The summed E-state index contributed by atoms with van der Waals surface area (Å²) in [4.78, 5) is 0. The van der Waals surface area contributed by atoms with E-state index in [1.165, 1.54) is 0 Å². The summed E-state index contributed by atoms with van der Waals surface area (Å²) in [6.45, 7) is 4.24. The zero-order valence-corrected chi connectivity index (χ0v) is 10.6. The SMILES string of the molecule is CNC(C)(C)c1c(Br)cccc1OC. The van der Waals surface area contributed by atoms with Crippen molar-refractivity contribution in [2.24, 2.45) is 0 Å². The number of hydrogen-bond acceptors (Lipinski definition) is 2. The first kappa shape index (κ1) is 11.5. The summed E-state index contributed by atoms with van der Waals surface area (Å²) in [7, 11) is 3.63. The highest BCUT2D eigenvalue weighted by Gasteiger charge is 2.24. The van der Waals surface area contributed by atoms with Gasteiger partial charge in [0.1, 0.15) is 5.75 Å². The first-order valence-corrected chi connectivity index (χ1v) is 5.34. The zero-order chi connectivity index (χ0) is 10.8. The summed E-state index contributed by atoms with van der Waals surface area (Å²) in [6.07, 6.45) is 0. The molecule has 0 saturated carbocycles. The van der Waals surface area contributed by atoms with Gasteiger partial charge >= 0.3 is 0 Å². The topological polar surface area (TPSA) is 21.3 Å². The van der Waals surface area contributed by atoms with Gasteiger partial charge in [0.25, 0.3) is 0 Å². The van der Waals surface area contributed by atoms with Crippen LogP contribution in [0.3, 0.4) is 0 Å². The lowest BCUT2D eigenvalue weighted by atomic mass is 9.93. The molecule has 1 N–H and O–H groups in total. The van der Waals surface area contributed by atoms with Gasteiger partial charge in [-0.1, -0.05) is 22.0 Å². The average Bonchev–Trinajstić information content (AvgIpc) is 2.17. The van der Waals surface area contributed by atoms with Crippen LogP contribution in [-0.2, 0) is 5.54 Å². The van der Waals surface area contributed by atoms with E-state index in [0.717, 1.165) is 15.8 Å². The lowest BCUT2D eigenvalue weighted by Crippen LogP contribution is -2.33. The third-order valence-corrected chi connectivity index (χ3v) is 3.11. The molecule has 0 amide bonds. The zero-order valence-electron chi connectivity index (χ0n) is 9.02. The molecule has 1 rings (SSSR count). The van der Waals surface area contributed by atoms with E-state index in [2.05, 4.69) is 35.1 Å². The van der Waals surface area contributed by atoms with Gasteiger partial charge in [-0.05, 0) is 33.0 Å². The smallest absolute Gasteiger partial charge is 0.125 e. The van der Waals surface area contributed by atoms with E-state index in [1.54, 1.807) is 7.11 Å². The second kappa shape index (κ2) is 4.32. The molecule has 0 unspecified atom stereocenters. The maximum absolute atomic E-state index is 5.34. The van der Waals surface area contributed by atoms with Gasteiger partial charge < -0.3 is 10.1 Å². The molecule has 0 atom stereocenters. The molecule has 3 heteroatoms. The van der Waals surface area contributed by atoms with Gasteiger partial charge in [0, 0.05) is 15.6 Å². The Morgan fingerprint density at radius 2 is 2.00 bits per heavy atom. The molecule has 0 aliphatic rings. The van der Waals surface area contributed by atoms with Crippen molar-refractivity contribution in [2.75, 3.05) is 14.2 Å². The molecular weight excluding hydrogens is 242 g/mol. The lowest BCUT2D eigenvalue weighted by molar-refractivity contribution is 0.373. The summed E-state index contributed by atoms with van der Waals surface area (Å²) in [5.74, 6) is 0.902. The van der Waals surface area contributed by atoms with Crippen LogP contribution in [0.1, 0.15) is 19.4 Å². The molecule has 0 aliphatic heterocycles. The van der Waals surface area contributed by atoms with Crippen LogP contribution in [0.15, 0.2) is 22.7 Å². The van der Waals surface area contributed by atoms with Crippen LogP contribution in [0, 0.1) is 0 Å². The van der Waals surface area contributed by atoms with E-state index in [9.17, 15) is 0 Å². The summed E-state index contributed by atoms with van der Waals surface area (Å²) < 4.78 is 6.41. The van der Waals surface area contributed by atoms with Gasteiger partial charge in [-0.25, -0.2) is 0 Å². The lowest BCUT2D eigenvalue weighted by Gasteiger charge is -2.27. The Bertz CT molecular complexity index is 323. The van der Waals surface area contributed by atoms with Crippen molar-refractivity contribution in [1.29, 1.82) is 0 Å². The number of benzene rings is 1. The van der Waals surface area contributed by atoms with Crippen LogP contribution in [0.5, 0.6) is 5.75 Å². The van der Waals surface area contributed by atoms with Crippen molar-refractivity contribution >= 4 is 15.9 Å². The Morgan fingerprint density at radius 3 is 2.50 bits per heavy atom. The third kappa shape index (κ3) is 2.10. The molecular formula is C11H16BrNO. The molecule has 0 heterocycles. The van der Waals surface area contributed by atoms with Crippen LogP contribution in [0.25, 0.3) is 0 Å². The molecule has 0 spiro atoms. The highest BCUT2D eigenvalue weighted by Crippen LogP contribution is 2.35. The maximum Gasteiger partial charge on any atom is 0.125 e. The molecule has 78 valence electrons. The minimum atomic E-state index is -0.106. The van der Waals surface area contributed by atoms with Crippen molar-refractivity contribution in [3.8, 4) is 5.75 Å². The van der Waals surface area contributed by atoms with Crippen LogP contribution in [-0.4, -0.2) is 14.2 Å². The van der Waals surface area contributed by atoms with Gasteiger partial charge in [0.05, 0.1) is 7.11 Å². The summed E-state index contributed by atoms with van der Waals surface area (Å²) in [6, 6.07) is 5.97. The quantitative estimate of drug-likeness (QED) is 0.900. The Morgan fingerprint density at radius 1 is 1.36 bits per heavy atom. The average molecular weight is 258 g/mol. The monoisotopic (exact) mass is 257 g/mol. The fourth-order valence-corrected chi connectivity index (χ4v) is 2.25. The predicted octanol–water partition coefficient (Wildman–Crippen LogP) is 2.91. The highest BCUT2D eigenvalue weighted by atomic mass is 79.9. The standard InChI is InChI=1S/C11H16BrNO/c1-11(2,13-3)10-8(12)6-5-7-9(10)14-4/h5-7,13H,1-4H3. The van der Waals surface area contributed by atoms with Crippen molar-refractivity contribution in [3.63, 3.8) is 0 Å². The van der Waals surface area contributed by atoms with E-state index in [1.807, 2.05) is 25.2 Å². The molecule has 0 aromatic heterocycles. The molecule has 0 aliphatic carbocycles. The summed E-state index contributed by atoms with van der Waals surface area (Å²) in [5, 5.41) is 3.26. The Hall–Kier alpha value is -0.540. The highest BCUT2D eigenvalue weighted by molar-refractivity contribution is 9.10. The van der Waals surface area contributed by atoms with Crippen LogP contribution in [0.2, 0.25) is 0 Å². The fraction of sp³-hybridized carbons (Fsp3) is 0.455. The third-order valence-electron chi connectivity index (χ3n) is 2.45. The molecule has 0 saturated heterocycles. The van der Waals surface area contributed by atoms with Crippen LogP contribution >= 0.6 is 15.9 Å². The predicted molar refractivity (Wildman–Crippen MR) is 62.8 cm³/mol. The minimum absolute atomic E-state index is 0.106. The number of hydrogen-bond donors (Lipinski definition) is 1. The van der Waals surface area contributed by atoms with E-state index in [4.69, 9.17) is 4.74 Å². The van der Waals surface area contributed by atoms with E-state index < -0.39 is 0 Å². The maximum atomic E-state index is 5.34. The largest absolute Gasteiger partial charge is 0.496 e. The van der Waals surface area contributed by atoms with Gasteiger partial charge in [-0.2, -0.15) is 0 Å². The van der Waals surface area contributed by atoms with Crippen LogP contribution in [0.4, 0.5) is 0 Å². The molecule has 1 aromatic rings. The molecule has 0 radical (unpaired) electrons. The molecule has 2 nitrogen and oxygen atoms in total. The molecule has 14 heavy (non-hydrogen) atoms. The first-order chi connectivity index (χ1) is 6.53. The molecule has 1 aromatic carbocycles. The van der Waals surface area contributed by atoms with Crippen molar-refractivity contribution < 1.29 is 4.74 Å². The van der Waals surface area contributed by atoms with Gasteiger partial charge in [0.15, 0.2) is 0 Å². The van der Waals surface area contributed by atoms with Crippen LogP contribution < -0.4 is 10.1 Å². The van der Waals surface area contributed by atoms with E-state index >= 15 is 0 Å². The summed E-state index contributed by atoms with van der Waals surface area (Å²) in [5.41, 5.74) is 1.04. The Labute approximate surface area is 93.8 Å². The number of methoxy groups -OCH3 is 1. The van der Waals surface area contributed by atoms with Crippen molar-refractivity contribution in [2.45, 2.75) is 19.4 Å². The summed E-state index contributed by atoms with van der Waals surface area (Å²) >= 11 is 3.54.